The summed E-state index contributed by atoms with van der Waals surface area (Å²) in [5.41, 5.74) is 0. The number of carbonyl (C=O) groups is 2. The maximum Gasteiger partial charge on any atom is 0.304 e. The summed E-state index contributed by atoms with van der Waals surface area (Å²) in [5.74, 6) is -0.173. The van der Waals surface area contributed by atoms with Crippen LogP contribution in [0.5, 0.6) is 0 Å². The molecule has 0 aromatic rings. The zero-order valence-corrected chi connectivity index (χ0v) is 9.80. The second-order valence-electron chi connectivity index (χ2n) is 3.12. The number of rotatable bonds is 8. The molecule has 0 aliphatic carbocycles. The average molecular weight is 235 g/mol. The number of nitrogens with one attached hydrogen (secondary N) is 1. The lowest BCUT2D eigenvalue weighted by Crippen LogP contribution is -2.36. The molecule has 0 fully saturated rings. The molecular formula is C9H17NO4S. The highest BCUT2D eigenvalue weighted by molar-refractivity contribution is 7.99. The van der Waals surface area contributed by atoms with Crippen molar-refractivity contribution >= 4 is 23.6 Å². The fourth-order valence-corrected chi connectivity index (χ4v) is 1.66. The zero-order valence-electron chi connectivity index (χ0n) is 8.99. The molecule has 0 heterocycles. The second-order valence-corrected chi connectivity index (χ2v) is 4.23. The Kier molecular flexibility index (Phi) is 8.12. The standard InChI is InChI=1S/C9H17NO4S/c1-7(5-14-2)10-8(11)6-15-4-3-9(12)13/h7H,3-6H2,1-2H3,(H,10,11)(H,12,13). The maximum absolute atomic E-state index is 11.2. The van der Waals surface area contributed by atoms with E-state index in [1.807, 2.05) is 6.92 Å². The van der Waals surface area contributed by atoms with Crippen LogP contribution < -0.4 is 5.32 Å². The summed E-state index contributed by atoms with van der Waals surface area (Å²) in [4.78, 5) is 21.4. The predicted octanol–water partition coefficient (Wildman–Crippen LogP) is 0.345. The highest BCUT2D eigenvalue weighted by Gasteiger charge is 2.07. The molecule has 0 rings (SSSR count). The van der Waals surface area contributed by atoms with Crippen LogP contribution in [-0.2, 0) is 14.3 Å². The minimum absolute atomic E-state index is 0.0115. The number of carboxylic acids is 1. The molecule has 2 N–H and O–H groups in total. The zero-order chi connectivity index (χ0) is 11.7. The first-order chi connectivity index (χ1) is 7.06. The summed E-state index contributed by atoms with van der Waals surface area (Å²) in [6, 6.07) is -0.0115. The Morgan fingerprint density at radius 1 is 1.53 bits per heavy atom. The fourth-order valence-electron chi connectivity index (χ4n) is 0.933. The van der Waals surface area contributed by atoms with Gasteiger partial charge < -0.3 is 15.2 Å². The largest absolute Gasteiger partial charge is 0.481 e. The predicted molar refractivity (Wildman–Crippen MR) is 59.1 cm³/mol. The summed E-state index contributed by atoms with van der Waals surface area (Å²) in [6.07, 6.45) is 0.0889. The number of aliphatic carboxylic acids is 1. The summed E-state index contributed by atoms with van der Waals surface area (Å²) >= 11 is 1.32. The van der Waals surface area contributed by atoms with E-state index in [4.69, 9.17) is 9.84 Å². The number of hydrogen-bond donors (Lipinski definition) is 2. The van der Waals surface area contributed by atoms with Gasteiger partial charge in [0.1, 0.15) is 0 Å². The van der Waals surface area contributed by atoms with Crippen molar-refractivity contribution in [3.05, 3.63) is 0 Å². The Hall–Kier alpha value is -0.750. The fraction of sp³-hybridized carbons (Fsp3) is 0.778. The van der Waals surface area contributed by atoms with Gasteiger partial charge in [0.15, 0.2) is 0 Å². The smallest absolute Gasteiger partial charge is 0.304 e. The molecule has 0 aliphatic rings. The number of amides is 1. The van der Waals surface area contributed by atoms with Crippen molar-refractivity contribution in [3.8, 4) is 0 Å². The van der Waals surface area contributed by atoms with Crippen molar-refractivity contribution in [1.82, 2.24) is 5.32 Å². The third-order valence-electron chi connectivity index (χ3n) is 1.52. The Bertz CT molecular complexity index is 210. The van der Waals surface area contributed by atoms with Gasteiger partial charge in [-0.15, -0.1) is 0 Å². The van der Waals surface area contributed by atoms with Gasteiger partial charge in [-0.2, -0.15) is 11.8 Å². The molecule has 0 saturated heterocycles. The van der Waals surface area contributed by atoms with Gasteiger partial charge in [-0.1, -0.05) is 0 Å². The van der Waals surface area contributed by atoms with Gasteiger partial charge in [0.2, 0.25) is 5.91 Å². The minimum atomic E-state index is -0.837. The van der Waals surface area contributed by atoms with Crippen LogP contribution in [0.15, 0.2) is 0 Å². The number of ether oxygens (including phenoxy) is 1. The molecule has 15 heavy (non-hydrogen) atoms. The highest BCUT2D eigenvalue weighted by atomic mass is 32.2. The van der Waals surface area contributed by atoms with E-state index in [0.29, 0.717) is 18.1 Å². The van der Waals surface area contributed by atoms with Gasteiger partial charge in [-0.05, 0) is 6.92 Å². The number of thioether (sulfide) groups is 1. The molecule has 0 aromatic carbocycles. The molecular weight excluding hydrogens is 218 g/mol. The van der Waals surface area contributed by atoms with Crippen molar-refractivity contribution in [2.45, 2.75) is 19.4 Å². The van der Waals surface area contributed by atoms with Gasteiger partial charge in [0.25, 0.3) is 0 Å². The summed E-state index contributed by atoms with van der Waals surface area (Å²) < 4.78 is 4.86. The van der Waals surface area contributed by atoms with E-state index in [1.54, 1.807) is 7.11 Å². The Morgan fingerprint density at radius 2 is 2.20 bits per heavy atom. The van der Waals surface area contributed by atoms with Crippen LogP contribution in [0, 0.1) is 0 Å². The summed E-state index contributed by atoms with van der Waals surface area (Å²) in [6.45, 7) is 2.33. The van der Waals surface area contributed by atoms with Crippen LogP contribution in [0.3, 0.4) is 0 Å². The van der Waals surface area contributed by atoms with Crippen LogP contribution >= 0.6 is 11.8 Å². The number of hydrogen-bond acceptors (Lipinski definition) is 4. The average Bonchev–Trinajstić information content (AvgIpc) is 2.12. The minimum Gasteiger partial charge on any atom is -0.481 e. The molecule has 0 aliphatic heterocycles. The SMILES string of the molecule is COCC(C)NC(=O)CSCCC(=O)O. The van der Waals surface area contributed by atoms with E-state index in [9.17, 15) is 9.59 Å². The van der Waals surface area contributed by atoms with Crippen molar-refractivity contribution in [2.75, 3.05) is 25.2 Å². The Morgan fingerprint density at radius 3 is 2.73 bits per heavy atom. The van der Waals surface area contributed by atoms with Gasteiger partial charge in [-0.25, -0.2) is 0 Å². The van der Waals surface area contributed by atoms with Crippen molar-refractivity contribution in [1.29, 1.82) is 0 Å². The van der Waals surface area contributed by atoms with E-state index < -0.39 is 5.97 Å². The summed E-state index contributed by atoms with van der Waals surface area (Å²) in [7, 11) is 1.57. The number of carboxylic acid groups (broad SMARTS) is 1. The first-order valence-electron chi connectivity index (χ1n) is 4.64. The van der Waals surface area contributed by atoms with Crippen LogP contribution in [-0.4, -0.2) is 48.2 Å². The Balaban J connectivity index is 3.44. The lowest BCUT2D eigenvalue weighted by Gasteiger charge is -2.12. The van der Waals surface area contributed by atoms with E-state index in [-0.39, 0.29) is 18.4 Å². The summed E-state index contributed by atoms with van der Waals surface area (Å²) in [5, 5.41) is 11.1. The molecule has 6 heteroatoms. The first-order valence-corrected chi connectivity index (χ1v) is 5.79. The Labute approximate surface area is 93.6 Å². The molecule has 0 radical (unpaired) electrons. The van der Waals surface area contributed by atoms with Crippen LogP contribution in [0.4, 0.5) is 0 Å². The first kappa shape index (κ1) is 14.2. The van der Waals surface area contributed by atoms with Crippen LogP contribution in [0.1, 0.15) is 13.3 Å². The molecule has 0 bridgehead atoms. The van der Waals surface area contributed by atoms with E-state index in [1.165, 1.54) is 11.8 Å². The van der Waals surface area contributed by atoms with Gasteiger partial charge in [0.05, 0.1) is 18.8 Å². The molecule has 0 saturated carbocycles. The molecule has 0 spiro atoms. The second kappa shape index (κ2) is 8.55. The monoisotopic (exact) mass is 235 g/mol. The lowest BCUT2D eigenvalue weighted by molar-refractivity contribution is -0.136. The quantitative estimate of drug-likeness (QED) is 0.594. The van der Waals surface area contributed by atoms with E-state index in [2.05, 4.69) is 5.32 Å². The number of carbonyl (C=O) groups excluding carboxylic acids is 1. The van der Waals surface area contributed by atoms with E-state index >= 15 is 0 Å². The van der Waals surface area contributed by atoms with Crippen molar-refractivity contribution < 1.29 is 19.4 Å². The molecule has 88 valence electrons. The number of methoxy groups -OCH3 is 1. The molecule has 5 nitrogen and oxygen atoms in total. The maximum atomic E-state index is 11.2. The van der Waals surface area contributed by atoms with Crippen LogP contribution in [0.25, 0.3) is 0 Å². The van der Waals surface area contributed by atoms with Crippen LogP contribution in [0.2, 0.25) is 0 Å². The lowest BCUT2D eigenvalue weighted by atomic mass is 10.3. The van der Waals surface area contributed by atoms with Gasteiger partial charge >= 0.3 is 5.97 Å². The van der Waals surface area contributed by atoms with Gasteiger partial charge in [-0.3, -0.25) is 9.59 Å². The van der Waals surface area contributed by atoms with Crippen molar-refractivity contribution in [3.63, 3.8) is 0 Å². The van der Waals surface area contributed by atoms with E-state index in [0.717, 1.165) is 0 Å². The van der Waals surface area contributed by atoms with Gasteiger partial charge in [0, 0.05) is 18.9 Å². The highest BCUT2D eigenvalue weighted by Crippen LogP contribution is 2.01. The van der Waals surface area contributed by atoms with Crippen molar-refractivity contribution in [2.24, 2.45) is 0 Å². The normalized spacial score (nSPS) is 12.1. The third kappa shape index (κ3) is 9.55. The molecule has 1 amide bonds. The molecule has 0 aromatic heterocycles. The third-order valence-corrected chi connectivity index (χ3v) is 2.48. The molecule has 1 atom stereocenters. The topological polar surface area (TPSA) is 75.6 Å². The molecule has 1 unspecified atom stereocenters.